The molecule has 0 radical (unpaired) electrons. The molecule has 0 bridgehead atoms. The number of halogens is 1. The lowest BCUT2D eigenvalue weighted by atomic mass is 9.71. The van der Waals surface area contributed by atoms with E-state index < -0.39 is 0 Å². The van der Waals surface area contributed by atoms with E-state index in [1.165, 1.54) is 12.0 Å². The van der Waals surface area contributed by atoms with Gasteiger partial charge in [-0.15, -0.1) is 12.4 Å². The lowest BCUT2D eigenvalue weighted by Gasteiger charge is -2.43. The Labute approximate surface area is 121 Å². The standard InChI is InChI=1S/C15H22N2O.ClH/c1-12(16)8-9-14(18)17-15(10-5-11-15)13-6-3-2-4-7-13;/h2-4,6-7,12H,5,8-11,16H2,1H3,(H,17,18);1H. The molecule has 1 aromatic carbocycles. The molecule has 0 aromatic heterocycles. The van der Waals surface area contributed by atoms with Gasteiger partial charge in [0.2, 0.25) is 5.91 Å². The second-order valence-corrected chi connectivity index (χ2v) is 5.37. The monoisotopic (exact) mass is 282 g/mol. The lowest BCUT2D eigenvalue weighted by Crippen LogP contribution is -2.50. The zero-order valence-corrected chi connectivity index (χ0v) is 12.2. The van der Waals surface area contributed by atoms with Gasteiger partial charge < -0.3 is 11.1 Å². The summed E-state index contributed by atoms with van der Waals surface area (Å²) in [5, 5.41) is 3.21. The second-order valence-electron chi connectivity index (χ2n) is 5.37. The molecule has 1 aliphatic rings. The molecule has 1 saturated carbocycles. The van der Waals surface area contributed by atoms with E-state index >= 15 is 0 Å². The minimum Gasteiger partial charge on any atom is -0.347 e. The van der Waals surface area contributed by atoms with Crippen molar-refractivity contribution in [3.8, 4) is 0 Å². The van der Waals surface area contributed by atoms with Crippen LogP contribution in [0.1, 0.15) is 44.6 Å². The number of carbonyl (C=O) groups is 1. The molecule has 1 unspecified atom stereocenters. The number of nitrogens with two attached hydrogens (primary N) is 1. The third-order valence-electron chi connectivity index (χ3n) is 3.74. The third kappa shape index (κ3) is 3.95. The SMILES string of the molecule is CC(N)CCC(=O)NC1(c2ccccc2)CCC1.Cl. The average molecular weight is 283 g/mol. The fourth-order valence-corrected chi connectivity index (χ4v) is 2.46. The van der Waals surface area contributed by atoms with Crippen molar-refractivity contribution >= 4 is 18.3 Å². The molecule has 4 heteroatoms. The summed E-state index contributed by atoms with van der Waals surface area (Å²) in [6.45, 7) is 1.93. The van der Waals surface area contributed by atoms with Crippen LogP contribution in [-0.4, -0.2) is 11.9 Å². The second kappa shape index (κ2) is 6.92. The van der Waals surface area contributed by atoms with Gasteiger partial charge in [-0.05, 0) is 38.2 Å². The van der Waals surface area contributed by atoms with Crippen molar-refractivity contribution in [2.75, 3.05) is 0 Å². The molecule has 1 aromatic rings. The quantitative estimate of drug-likeness (QED) is 0.872. The normalized spacial score (nSPS) is 17.8. The van der Waals surface area contributed by atoms with Gasteiger partial charge >= 0.3 is 0 Å². The van der Waals surface area contributed by atoms with Crippen molar-refractivity contribution < 1.29 is 4.79 Å². The predicted octanol–water partition coefficient (Wildman–Crippen LogP) is 2.73. The molecule has 0 heterocycles. The fraction of sp³-hybridized carbons (Fsp3) is 0.533. The maximum Gasteiger partial charge on any atom is 0.220 e. The van der Waals surface area contributed by atoms with E-state index in [0.717, 1.165) is 19.3 Å². The van der Waals surface area contributed by atoms with Gasteiger partial charge in [0, 0.05) is 12.5 Å². The maximum atomic E-state index is 12.0. The molecule has 1 amide bonds. The van der Waals surface area contributed by atoms with Crippen LogP contribution in [0.15, 0.2) is 30.3 Å². The fourth-order valence-electron chi connectivity index (χ4n) is 2.46. The van der Waals surface area contributed by atoms with Crippen LogP contribution in [0.25, 0.3) is 0 Å². The predicted molar refractivity (Wildman–Crippen MR) is 80.2 cm³/mol. The van der Waals surface area contributed by atoms with Crippen LogP contribution < -0.4 is 11.1 Å². The molecule has 0 spiro atoms. The minimum absolute atomic E-state index is 0. The van der Waals surface area contributed by atoms with E-state index in [4.69, 9.17) is 5.73 Å². The van der Waals surface area contributed by atoms with Crippen molar-refractivity contribution in [3.63, 3.8) is 0 Å². The van der Waals surface area contributed by atoms with E-state index in [1.54, 1.807) is 0 Å². The first-order valence-electron chi connectivity index (χ1n) is 6.74. The summed E-state index contributed by atoms with van der Waals surface area (Å²) in [6, 6.07) is 10.4. The van der Waals surface area contributed by atoms with Gasteiger partial charge in [-0.2, -0.15) is 0 Å². The van der Waals surface area contributed by atoms with Gasteiger partial charge in [-0.25, -0.2) is 0 Å². The Kier molecular flexibility index (Phi) is 5.83. The minimum atomic E-state index is -0.115. The van der Waals surface area contributed by atoms with Crippen LogP contribution in [0.3, 0.4) is 0 Å². The molecule has 0 saturated heterocycles. The van der Waals surface area contributed by atoms with Gasteiger partial charge in [-0.3, -0.25) is 4.79 Å². The topological polar surface area (TPSA) is 55.1 Å². The van der Waals surface area contributed by atoms with Crippen LogP contribution in [0.2, 0.25) is 0 Å². The molecule has 1 aliphatic carbocycles. The summed E-state index contributed by atoms with van der Waals surface area (Å²) in [4.78, 5) is 12.0. The highest BCUT2D eigenvalue weighted by molar-refractivity contribution is 5.85. The van der Waals surface area contributed by atoms with Gasteiger partial charge in [-0.1, -0.05) is 30.3 Å². The number of carbonyl (C=O) groups excluding carboxylic acids is 1. The largest absolute Gasteiger partial charge is 0.347 e. The van der Waals surface area contributed by atoms with Crippen molar-refractivity contribution in [2.45, 2.75) is 50.6 Å². The average Bonchev–Trinajstić information content (AvgIpc) is 2.32. The highest BCUT2D eigenvalue weighted by Gasteiger charge is 2.39. The third-order valence-corrected chi connectivity index (χ3v) is 3.74. The van der Waals surface area contributed by atoms with Crippen LogP contribution in [0.4, 0.5) is 0 Å². The Bertz CT molecular complexity index is 402. The summed E-state index contributed by atoms with van der Waals surface area (Å²) < 4.78 is 0. The zero-order valence-electron chi connectivity index (χ0n) is 11.4. The Morgan fingerprint density at radius 3 is 2.47 bits per heavy atom. The van der Waals surface area contributed by atoms with Crippen LogP contribution in [-0.2, 0) is 10.3 Å². The van der Waals surface area contributed by atoms with Crippen LogP contribution in [0.5, 0.6) is 0 Å². The molecule has 3 N–H and O–H groups in total. The van der Waals surface area contributed by atoms with Crippen molar-refractivity contribution in [2.24, 2.45) is 5.73 Å². The van der Waals surface area contributed by atoms with Gasteiger partial charge in [0.05, 0.1) is 5.54 Å². The van der Waals surface area contributed by atoms with E-state index in [0.29, 0.717) is 6.42 Å². The molecular weight excluding hydrogens is 260 g/mol. The molecule has 3 nitrogen and oxygen atoms in total. The molecule has 1 fully saturated rings. The Morgan fingerprint density at radius 2 is 2.00 bits per heavy atom. The van der Waals surface area contributed by atoms with Crippen molar-refractivity contribution in [3.05, 3.63) is 35.9 Å². The van der Waals surface area contributed by atoms with E-state index in [-0.39, 0.29) is 29.9 Å². The van der Waals surface area contributed by atoms with Gasteiger partial charge in [0.1, 0.15) is 0 Å². The Balaban J connectivity index is 0.00000180. The smallest absolute Gasteiger partial charge is 0.220 e. The zero-order chi connectivity index (χ0) is 13.0. The first kappa shape index (κ1) is 16.0. The Morgan fingerprint density at radius 1 is 1.37 bits per heavy atom. The van der Waals surface area contributed by atoms with Crippen LogP contribution >= 0.6 is 12.4 Å². The summed E-state index contributed by atoms with van der Waals surface area (Å²) in [7, 11) is 0. The first-order valence-corrected chi connectivity index (χ1v) is 6.74. The number of benzene rings is 1. The number of hydrogen-bond acceptors (Lipinski definition) is 2. The molecule has 0 aliphatic heterocycles. The summed E-state index contributed by atoms with van der Waals surface area (Å²) in [5.74, 6) is 0.121. The summed E-state index contributed by atoms with van der Waals surface area (Å²) >= 11 is 0. The summed E-state index contributed by atoms with van der Waals surface area (Å²) in [6.07, 6.45) is 4.54. The lowest BCUT2D eigenvalue weighted by molar-refractivity contribution is -0.124. The highest BCUT2D eigenvalue weighted by Crippen LogP contribution is 2.41. The van der Waals surface area contributed by atoms with E-state index in [2.05, 4.69) is 17.4 Å². The van der Waals surface area contributed by atoms with E-state index in [1.807, 2.05) is 25.1 Å². The van der Waals surface area contributed by atoms with E-state index in [9.17, 15) is 4.79 Å². The number of nitrogens with one attached hydrogen (secondary N) is 1. The summed E-state index contributed by atoms with van der Waals surface area (Å²) in [5.41, 5.74) is 6.79. The molecule has 2 rings (SSSR count). The van der Waals surface area contributed by atoms with Crippen molar-refractivity contribution in [1.29, 1.82) is 0 Å². The number of rotatable bonds is 5. The molecule has 106 valence electrons. The number of hydrogen-bond donors (Lipinski definition) is 2. The first-order chi connectivity index (χ1) is 8.62. The number of amides is 1. The maximum absolute atomic E-state index is 12.0. The molecule has 1 atom stereocenters. The van der Waals surface area contributed by atoms with Gasteiger partial charge in [0.15, 0.2) is 0 Å². The molecule has 19 heavy (non-hydrogen) atoms. The van der Waals surface area contributed by atoms with Crippen molar-refractivity contribution in [1.82, 2.24) is 5.32 Å². The van der Waals surface area contributed by atoms with Crippen LogP contribution in [0, 0.1) is 0 Å². The molecular formula is C15H23ClN2O. The highest BCUT2D eigenvalue weighted by atomic mass is 35.5. The van der Waals surface area contributed by atoms with Gasteiger partial charge in [0.25, 0.3) is 0 Å². The Hall–Kier alpha value is -1.06.